The number of nitrogens with zero attached hydrogens (tertiary/aromatic N) is 1. The van der Waals surface area contributed by atoms with Crippen LogP contribution in [0.25, 0.3) is 0 Å². The first-order chi connectivity index (χ1) is 12.7. The molecule has 1 amide bonds. The maximum absolute atomic E-state index is 12.4. The van der Waals surface area contributed by atoms with Crippen molar-refractivity contribution in [1.29, 1.82) is 0 Å². The lowest BCUT2D eigenvalue weighted by molar-refractivity contribution is 0.102. The van der Waals surface area contributed by atoms with E-state index in [-0.39, 0.29) is 5.91 Å². The first-order valence-corrected chi connectivity index (χ1v) is 9.51. The Labute approximate surface area is 157 Å². The molecule has 0 unspecified atom stereocenters. The molecule has 140 valence electrons. The molecule has 2 aromatic carbocycles. The molecule has 0 saturated carbocycles. The van der Waals surface area contributed by atoms with Gasteiger partial charge in [-0.3, -0.25) is 9.69 Å². The fraction of sp³-hybridized carbons (Fsp3) is 0.409. The minimum absolute atomic E-state index is 0.0981. The van der Waals surface area contributed by atoms with Gasteiger partial charge in [0.1, 0.15) is 5.75 Å². The molecular formula is C22H30N2O2. The van der Waals surface area contributed by atoms with Crippen LogP contribution in [0, 0.1) is 0 Å². The molecule has 0 bridgehead atoms. The van der Waals surface area contributed by atoms with Gasteiger partial charge in [0, 0.05) is 17.8 Å². The van der Waals surface area contributed by atoms with Gasteiger partial charge in [-0.2, -0.15) is 0 Å². The summed E-state index contributed by atoms with van der Waals surface area (Å²) in [5, 5.41) is 2.93. The van der Waals surface area contributed by atoms with Crippen LogP contribution in [0.4, 0.5) is 5.69 Å². The van der Waals surface area contributed by atoms with Crippen molar-refractivity contribution in [3.05, 3.63) is 59.7 Å². The van der Waals surface area contributed by atoms with Crippen molar-refractivity contribution in [3.8, 4) is 5.75 Å². The molecule has 2 rings (SSSR count). The molecule has 0 saturated heterocycles. The number of amides is 1. The smallest absolute Gasteiger partial charge is 0.255 e. The standard InChI is InChI=1S/C22H30N2O2/c1-4-7-16-26-21-14-12-20(13-15-21)23-22(25)19-10-8-18(9-11-19)17-24(5-2)6-3/h8-15H,4-7,16-17H2,1-3H3,(H,23,25). The van der Waals surface area contributed by atoms with Gasteiger partial charge >= 0.3 is 0 Å². The summed E-state index contributed by atoms with van der Waals surface area (Å²) in [7, 11) is 0. The Hall–Kier alpha value is -2.33. The number of hydrogen-bond acceptors (Lipinski definition) is 3. The Kier molecular flexibility index (Phi) is 8.16. The van der Waals surface area contributed by atoms with Crippen molar-refractivity contribution in [2.24, 2.45) is 0 Å². The lowest BCUT2D eigenvalue weighted by Gasteiger charge is -2.18. The van der Waals surface area contributed by atoms with Gasteiger partial charge in [0.25, 0.3) is 5.91 Å². The summed E-state index contributed by atoms with van der Waals surface area (Å²) < 4.78 is 5.64. The molecular weight excluding hydrogens is 324 g/mol. The van der Waals surface area contributed by atoms with E-state index in [1.807, 2.05) is 48.5 Å². The van der Waals surface area contributed by atoms with Crippen LogP contribution in [-0.4, -0.2) is 30.5 Å². The summed E-state index contributed by atoms with van der Waals surface area (Å²) in [6, 6.07) is 15.3. The number of anilines is 1. The Morgan fingerprint density at radius 2 is 1.62 bits per heavy atom. The summed E-state index contributed by atoms with van der Waals surface area (Å²) in [5.74, 6) is 0.733. The van der Waals surface area contributed by atoms with Gasteiger partial charge in [0.15, 0.2) is 0 Å². The third-order valence-corrected chi connectivity index (χ3v) is 4.40. The SMILES string of the molecule is CCCCOc1ccc(NC(=O)c2ccc(CN(CC)CC)cc2)cc1. The molecule has 0 atom stereocenters. The molecule has 0 aliphatic heterocycles. The molecule has 0 heterocycles. The van der Waals surface area contributed by atoms with Crippen LogP contribution in [0.5, 0.6) is 5.75 Å². The highest BCUT2D eigenvalue weighted by atomic mass is 16.5. The highest BCUT2D eigenvalue weighted by Gasteiger charge is 2.07. The van der Waals surface area contributed by atoms with E-state index in [0.29, 0.717) is 5.56 Å². The predicted octanol–water partition coefficient (Wildman–Crippen LogP) is 4.96. The van der Waals surface area contributed by atoms with Crippen LogP contribution >= 0.6 is 0 Å². The number of hydrogen-bond donors (Lipinski definition) is 1. The highest BCUT2D eigenvalue weighted by molar-refractivity contribution is 6.04. The summed E-state index contributed by atoms with van der Waals surface area (Å²) in [4.78, 5) is 14.7. The first-order valence-electron chi connectivity index (χ1n) is 9.51. The largest absolute Gasteiger partial charge is 0.494 e. The zero-order valence-electron chi connectivity index (χ0n) is 16.1. The van der Waals surface area contributed by atoms with Crippen LogP contribution in [-0.2, 0) is 6.54 Å². The molecule has 1 N–H and O–H groups in total. The van der Waals surface area contributed by atoms with Gasteiger partial charge in [0.2, 0.25) is 0 Å². The van der Waals surface area contributed by atoms with Gasteiger partial charge in [0.05, 0.1) is 6.61 Å². The summed E-state index contributed by atoms with van der Waals surface area (Å²) in [6.07, 6.45) is 2.16. The van der Waals surface area contributed by atoms with Crippen LogP contribution in [0.3, 0.4) is 0 Å². The second-order valence-electron chi connectivity index (χ2n) is 6.34. The van der Waals surface area contributed by atoms with Gasteiger partial charge < -0.3 is 10.1 Å². The van der Waals surface area contributed by atoms with Gasteiger partial charge in [-0.1, -0.05) is 39.3 Å². The first kappa shape index (κ1) is 20.0. The van der Waals surface area contributed by atoms with E-state index >= 15 is 0 Å². The van der Waals surface area contributed by atoms with Gasteiger partial charge in [-0.05, 0) is 61.5 Å². The molecule has 0 fully saturated rings. The van der Waals surface area contributed by atoms with Crippen molar-refractivity contribution in [2.75, 3.05) is 25.0 Å². The van der Waals surface area contributed by atoms with Crippen molar-refractivity contribution >= 4 is 11.6 Å². The lowest BCUT2D eigenvalue weighted by Crippen LogP contribution is -2.22. The molecule has 4 heteroatoms. The van der Waals surface area contributed by atoms with Crippen molar-refractivity contribution in [2.45, 2.75) is 40.2 Å². The van der Waals surface area contributed by atoms with Crippen LogP contribution in [0.2, 0.25) is 0 Å². The van der Waals surface area contributed by atoms with E-state index in [0.717, 1.165) is 50.5 Å². The molecule has 0 aliphatic rings. The summed E-state index contributed by atoms with van der Waals surface area (Å²) in [5.41, 5.74) is 2.65. The van der Waals surface area contributed by atoms with E-state index in [2.05, 4.69) is 31.0 Å². The topological polar surface area (TPSA) is 41.6 Å². The Balaban J connectivity index is 1.90. The molecule has 0 radical (unpaired) electrons. The number of ether oxygens (including phenoxy) is 1. The molecule has 0 spiro atoms. The highest BCUT2D eigenvalue weighted by Crippen LogP contribution is 2.17. The van der Waals surface area contributed by atoms with Gasteiger partial charge in [-0.15, -0.1) is 0 Å². The Bertz CT molecular complexity index is 662. The maximum Gasteiger partial charge on any atom is 0.255 e. The average molecular weight is 354 g/mol. The fourth-order valence-electron chi connectivity index (χ4n) is 2.64. The molecule has 0 aromatic heterocycles. The third kappa shape index (κ3) is 6.19. The second kappa shape index (κ2) is 10.6. The molecule has 26 heavy (non-hydrogen) atoms. The minimum atomic E-state index is -0.0981. The molecule has 0 aliphatic carbocycles. The van der Waals surface area contributed by atoms with E-state index in [9.17, 15) is 4.79 Å². The number of nitrogens with one attached hydrogen (secondary N) is 1. The van der Waals surface area contributed by atoms with Crippen molar-refractivity contribution < 1.29 is 9.53 Å². The normalized spacial score (nSPS) is 10.8. The predicted molar refractivity (Wildman–Crippen MR) is 108 cm³/mol. The number of carbonyl (C=O) groups is 1. The van der Waals surface area contributed by atoms with Crippen LogP contribution in [0.15, 0.2) is 48.5 Å². The van der Waals surface area contributed by atoms with Crippen molar-refractivity contribution in [3.63, 3.8) is 0 Å². The molecule has 2 aromatic rings. The lowest BCUT2D eigenvalue weighted by atomic mass is 10.1. The number of unbranched alkanes of at least 4 members (excludes halogenated alkanes) is 1. The monoisotopic (exact) mass is 354 g/mol. The maximum atomic E-state index is 12.4. The number of carbonyl (C=O) groups excluding carboxylic acids is 1. The zero-order chi connectivity index (χ0) is 18.8. The number of benzene rings is 2. The van der Waals surface area contributed by atoms with E-state index in [1.54, 1.807) is 0 Å². The molecule has 4 nitrogen and oxygen atoms in total. The van der Waals surface area contributed by atoms with E-state index in [1.165, 1.54) is 5.56 Å². The van der Waals surface area contributed by atoms with Gasteiger partial charge in [-0.25, -0.2) is 0 Å². The summed E-state index contributed by atoms with van der Waals surface area (Å²) in [6.45, 7) is 10.1. The van der Waals surface area contributed by atoms with Crippen LogP contribution in [0.1, 0.15) is 49.5 Å². The zero-order valence-corrected chi connectivity index (χ0v) is 16.1. The van der Waals surface area contributed by atoms with E-state index in [4.69, 9.17) is 4.74 Å². The third-order valence-electron chi connectivity index (χ3n) is 4.40. The fourth-order valence-corrected chi connectivity index (χ4v) is 2.64. The Morgan fingerprint density at radius 1 is 0.962 bits per heavy atom. The van der Waals surface area contributed by atoms with E-state index < -0.39 is 0 Å². The number of rotatable bonds is 10. The Morgan fingerprint density at radius 3 is 2.19 bits per heavy atom. The van der Waals surface area contributed by atoms with Crippen LogP contribution < -0.4 is 10.1 Å². The second-order valence-corrected chi connectivity index (χ2v) is 6.34. The minimum Gasteiger partial charge on any atom is -0.494 e. The quantitative estimate of drug-likeness (QED) is 0.613. The summed E-state index contributed by atoms with van der Waals surface area (Å²) >= 11 is 0. The van der Waals surface area contributed by atoms with Crippen molar-refractivity contribution in [1.82, 2.24) is 4.90 Å². The average Bonchev–Trinajstić information content (AvgIpc) is 2.68.